The van der Waals surface area contributed by atoms with Crippen molar-refractivity contribution >= 4 is 29.4 Å². The van der Waals surface area contributed by atoms with Crippen molar-refractivity contribution in [3.05, 3.63) is 59.4 Å². The van der Waals surface area contributed by atoms with Gasteiger partial charge in [0.05, 0.1) is 17.5 Å². The Kier molecular flexibility index (Phi) is 9.42. The molecule has 1 saturated carbocycles. The topological polar surface area (TPSA) is 33.2 Å². The molecule has 1 amide bonds. The summed E-state index contributed by atoms with van der Waals surface area (Å²) in [5.41, 5.74) is 4.00. The Morgan fingerprint density at radius 3 is 2.14 bits per heavy atom. The largest absolute Gasteiger partial charge is 0.337 e. The van der Waals surface area contributed by atoms with Crippen LogP contribution in [0.2, 0.25) is 0 Å². The molecular formula is C30H44N2OS2. The summed E-state index contributed by atoms with van der Waals surface area (Å²) >= 11 is 3.90. The second kappa shape index (κ2) is 11.7. The van der Waals surface area contributed by atoms with E-state index in [0.29, 0.717) is 16.3 Å². The minimum Gasteiger partial charge on any atom is -0.337 e. The molecular weight excluding hydrogens is 468 g/mol. The Balaban J connectivity index is 1.70. The van der Waals surface area contributed by atoms with Crippen molar-refractivity contribution in [2.45, 2.75) is 106 Å². The lowest BCUT2D eigenvalue weighted by Gasteiger charge is -2.32. The van der Waals surface area contributed by atoms with E-state index in [1.165, 1.54) is 41.7 Å². The molecule has 3 rings (SSSR count). The number of benzene rings is 1. The Morgan fingerprint density at radius 1 is 1.00 bits per heavy atom. The van der Waals surface area contributed by atoms with E-state index in [0.717, 1.165) is 5.69 Å². The van der Waals surface area contributed by atoms with Gasteiger partial charge in [0.25, 0.3) is 0 Å². The molecule has 1 heterocycles. The van der Waals surface area contributed by atoms with Gasteiger partial charge in [-0.2, -0.15) is 0 Å². The van der Waals surface area contributed by atoms with Gasteiger partial charge in [-0.3, -0.25) is 9.78 Å². The normalized spacial score (nSPS) is 19.9. The van der Waals surface area contributed by atoms with Crippen molar-refractivity contribution < 1.29 is 4.79 Å². The first-order valence-electron chi connectivity index (χ1n) is 13.0. The van der Waals surface area contributed by atoms with E-state index in [4.69, 9.17) is 0 Å². The summed E-state index contributed by atoms with van der Waals surface area (Å²) in [5.74, 6) is 0.720. The first-order valence-corrected chi connectivity index (χ1v) is 14.9. The Labute approximate surface area is 222 Å². The van der Waals surface area contributed by atoms with Gasteiger partial charge in [-0.25, -0.2) is 0 Å². The van der Waals surface area contributed by atoms with Crippen LogP contribution >= 0.6 is 23.5 Å². The zero-order valence-electron chi connectivity index (χ0n) is 22.9. The second-order valence-corrected chi connectivity index (χ2v) is 14.5. The molecule has 0 radical (unpaired) electrons. The highest BCUT2D eigenvalue weighted by Crippen LogP contribution is 2.42. The van der Waals surface area contributed by atoms with Crippen molar-refractivity contribution in [3.63, 3.8) is 0 Å². The van der Waals surface area contributed by atoms with E-state index in [9.17, 15) is 4.79 Å². The third-order valence-electron chi connectivity index (χ3n) is 7.08. The number of carbonyl (C=O) groups excluding carboxylic acids is 1. The molecule has 1 aromatic heterocycles. The number of aromatic nitrogens is 1. The highest BCUT2D eigenvalue weighted by atomic mass is 32.2. The van der Waals surface area contributed by atoms with Crippen LogP contribution in [0.1, 0.15) is 97.0 Å². The first kappa shape index (κ1) is 28.1. The smallest absolute Gasteiger partial charge is 0.232 e. The molecule has 0 aliphatic heterocycles. The van der Waals surface area contributed by atoms with Crippen molar-refractivity contribution in [2.24, 2.45) is 0 Å². The van der Waals surface area contributed by atoms with Crippen LogP contribution in [0.5, 0.6) is 0 Å². The average molecular weight is 513 g/mol. The Morgan fingerprint density at radius 2 is 1.60 bits per heavy atom. The maximum absolute atomic E-state index is 13.0. The zero-order valence-corrected chi connectivity index (χ0v) is 24.6. The minimum absolute atomic E-state index is 0.0169. The van der Waals surface area contributed by atoms with E-state index in [1.807, 2.05) is 53.7 Å². The maximum atomic E-state index is 13.0. The van der Waals surface area contributed by atoms with Crippen LogP contribution in [0.15, 0.2) is 47.5 Å². The molecule has 0 bridgehead atoms. The van der Waals surface area contributed by atoms with Gasteiger partial charge in [-0.15, -0.1) is 23.5 Å². The molecule has 1 fully saturated rings. The summed E-state index contributed by atoms with van der Waals surface area (Å²) in [5, 5.41) is 1.05. The van der Waals surface area contributed by atoms with Gasteiger partial charge < -0.3 is 4.90 Å². The lowest BCUT2D eigenvalue weighted by atomic mass is 9.81. The number of rotatable bonds is 7. The third kappa shape index (κ3) is 7.76. The fraction of sp³-hybridized carbons (Fsp3) is 0.600. The van der Waals surface area contributed by atoms with Crippen LogP contribution in [-0.4, -0.2) is 39.1 Å². The summed E-state index contributed by atoms with van der Waals surface area (Å²) in [7, 11) is 1.90. The number of hydrogen-bond donors (Lipinski definition) is 0. The number of hydrogen-bond acceptors (Lipinski definition) is 4. The highest BCUT2D eigenvalue weighted by molar-refractivity contribution is 8.04. The van der Waals surface area contributed by atoms with Crippen molar-refractivity contribution in [3.8, 4) is 0 Å². The van der Waals surface area contributed by atoms with Crippen LogP contribution in [0.4, 0.5) is 0 Å². The highest BCUT2D eigenvalue weighted by Gasteiger charge is 2.29. The van der Waals surface area contributed by atoms with Gasteiger partial charge in [0.1, 0.15) is 0 Å². The van der Waals surface area contributed by atoms with Crippen LogP contribution in [0, 0.1) is 0 Å². The molecule has 35 heavy (non-hydrogen) atoms. The van der Waals surface area contributed by atoms with Gasteiger partial charge in [-0.05, 0) is 66.0 Å². The maximum Gasteiger partial charge on any atom is 0.232 e. The van der Waals surface area contributed by atoms with Crippen LogP contribution in [0.25, 0.3) is 0 Å². The van der Waals surface area contributed by atoms with Gasteiger partial charge in [0, 0.05) is 28.6 Å². The molecule has 0 saturated heterocycles. The minimum atomic E-state index is -0.0169. The van der Waals surface area contributed by atoms with Crippen LogP contribution < -0.4 is 0 Å². The molecule has 3 unspecified atom stereocenters. The third-order valence-corrected chi connectivity index (χ3v) is 10.0. The molecule has 1 aliphatic carbocycles. The SMILES string of the molecule is CC(c1ccccn1)N(C)C(=O)CSC1CCCCC1Sc1cc(C(C)(C)C)cc(C(C)(C)C)c1. The summed E-state index contributed by atoms with van der Waals surface area (Å²) < 4.78 is 0. The van der Waals surface area contributed by atoms with E-state index in [2.05, 4.69) is 71.6 Å². The molecule has 1 aliphatic rings. The zero-order chi connectivity index (χ0) is 25.8. The summed E-state index contributed by atoms with van der Waals surface area (Å²) in [6, 6.07) is 13.1. The summed E-state index contributed by atoms with van der Waals surface area (Å²) in [6.45, 7) is 15.9. The lowest BCUT2D eigenvalue weighted by molar-refractivity contribution is -0.129. The van der Waals surface area contributed by atoms with Gasteiger partial charge in [0.2, 0.25) is 5.91 Å². The quantitative estimate of drug-likeness (QED) is 0.376. The van der Waals surface area contributed by atoms with Crippen LogP contribution in [0.3, 0.4) is 0 Å². The molecule has 3 atom stereocenters. The summed E-state index contributed by atoms with van der Waals surface area (Å²) in [4.78, 5) is 20.7. The lowest BCUT2D eigenvalue weighted by Crippen LogP contribution is -2.33. The van der Waals surface area contributed by atoms with E-state index in [1.54, 1.807) is 6.20 Å². The van der Waals surface area contributed by atoms with E-state index < -0.39 is 0 Å². The Hall–Kier alpha value is -1.46. The molecule has 2 aromatic rings. The standard InChI is InChI=1S/C30H44N2OS2/c1-21(25-13-11-12-16-31-25)32(8)28(33)20-34-26-14-9-10-15-27(26)35-24-18-22(29(2,3)4)17-23(19-24)30(5,6)7/h11-13,16-19,21,26-27H,9-10,14-15,20H2,1-8H3. The molecule has 0 spiro atoms. The fourth-order valence-electron chi connectivity index (χ4n) is 4.41. The monoisotopic (exact) mass is 512 g/mol. The number of nitrogens with zero attached hydrogens (tertiary/aromatic N) is 2. The van der Waals surface area contributed by atoms with Crippen molar-refractivity contribution in [1.82, 2.24) is 9.88 Å². The number of carbonyl (C=O) groups is 1. The first-order chi connectivity index (χ1) is 16.4. The van der Waals surface area contributed by atoms with Gasteiger partial charge in [0.15, 0.2) is 0 Å². The van der Waals surface area contributed by atoms with E-state index >= 15 is 0 Å². The molecule has 3 nitrogen and oxygen atoms in total. The molecule has 0 N–H and O–H groups in total. The summed E-state index contributed by atoms with van der Waals surface area (Å²) in [6.07, 6.45) is 6.76. The second-order valence-electron chi connectivity index (χ2n) is 12.0. The number of thioether (sulfide) groups is 2. The van der Waals surface area contributed by atoms with Gasteiger partial charge >= 0.3 is 0 Å². The van der Waals surface area contributed by atoms with E-state index in [-0.39, 0.29) is 22.8 Å². The van der Waals surface area contributed by atoms with Crippen LogP contribution in [-0.2, 0) is 15.6 Å². The fourth-order valence-corrected chi connectivity index (χ4v) is 7.37. The predicted molar refractivity (Wildman–Crippen MR) is 154 cm³/mol. The average Bonchev–Trinajstić information content (AvgIpc) is 2.81. The Bertz CT molecular complexity index is 946. The number of pyridine rings is 1. The molecule has 5 heteroatoms. The molecule has 1 aromatic carbocycles. The van der Waals surface area contributed by atoms with Gasteiger partial charge in [-0.1, -0.05) is 66.5 Å². The predicted octanol–water partition coefficient (Wildman–Crippen LogP) is 8.03. The van der Waals surface area contributed by atoms with Crippen molar-refractivity contribution in [2.75, 3.05) is 12.8 Å². The number of amides is 1. The van der Waals surface area contributed by atoms with Crippen molar-refractivity contribution in [1.29, 1.82) is 0 Å². The molecule has 192 valence electrons.